The van der Waals surface area contributed by atoms with E-state index in [1.165, 1.54) is 20.0 Å². The van der Waals surface area contributed by atoms with Gasteiger partial charge in [-0.1, -0.05) is 106 Å². The minimum Gasteiger partial charge on any atom is -0.469 e. The maximum atomic E-state index is 13.5. The first-order valence-corrected chi connectivity index (χ1v) is 14.3. The number of methoxy groups -OCH3 is 2. The van der Waals surface area contributed by atoms with Gasteiger partial charge in [0.1, 0.15) is 0 Å². The average Bonchev–Trinajstić information content (AvgIpc) is 2.94. The van der Waals surface area contributed by atoms with E-state index < -0.39 is 17.7 Å². The van der Waals surface area contributed by atoms with Gasteiger partial charge in [0.2, 0.25) is 0 Å². The molecule has 0 aliphatic rings. The minimum atomic E-state index is -1.22. The van der Waals surface area contributed by atoms with Gasteiger partial charge < -0.3 is 14.2 Å². The van der Waals surface area contributed by atoms with Crippen LogP contribution >= 0.6 is 0 Å². The van der Waals surface area contributed by atoms with Gasteiger partial charge in [-0.05, 0) is 43.4 Å². The highest BCUT2D eigenvalue weighted by molar-refractivity contribution is 5.92. The Labute approximate surface area is 229 Å². The van der Waals surface area contributed by atoms with Gasteiger partial charge in [0.15, 0.2) is 11.7 Å². The van der Waals surface area contributed by atoms with Gasteiger partial charge in [-0.15, -0.1) is 0 Å². The van der Waals surface area contributed by atoms with Gasteiger partial charge in [-0.25, -0.2) is 4.79 Å². The van der Waals surface area contributed by atoms with Crippen LogP contribution in [0.25, 0.3) is 10.8 Å². The summed E-state index contributed by atoms with van der Waals surface area (Å²) in [4.78, 5) is 24.7. The first-order valence-electron chi connectivity index (χ1n) is 14.3. The molecular formula is C33H46O5. The Hall–Kier alpha value is -2.84. The molecule has 0 saturated heterocycles. The Balaban J connectivity index is 1.91. The van der Waals surface area contributed by atoms with Crippen molar-refractivity contribution in [2.75, 3.05) is 14.2 Å². The highest BCUT2D eigenvalue weighted by Crippen LogP contribution is 2.33. The molecule has 208 valence electrons. The zero-order valence-electron chi connectivity index (χ0n) is 23.9. The molecule has 0 aliphatic carbocycles. The van der Waals surface area contributed by atoms with Crippen LogP contribution in [0.5, 0.6) is 0 Å². The number of rotatable bonds is 17. The predicted molar refractivity (Wildman–Crippen MR) is 154 cm³/mol. The second-order valence-electron chi connectivity index (χ2n) is 10.0. The SMILES string of the molecule is CCCCC#C[C@H](CCCCCCCCCCC(=O)OC)OC(=O)[C@](C)(OC)c1cccc2ccccc12. The summed E-state index contributed by atoms with van der Waals surface area (Å²) in [6.07, 6.45) is 12.4. The van der Waals surface area contributed by atoms with Gasteiger partial charge in [0.25, 0.3) is 0 Å². The summed E-state index contributed by atoms with van der Waals surface area (Å²) in [6, 6.07) is 13.9. The number of hydrogen-bond donors (Lipinski definition) is 0. The number of fused-ring (bicyclic) bond motifs is 1. The normalized spacial score (nSPS) is 13.3. The Bertz CT molecular complexity index is 1040. The summed E-state index contributed by atoms with van der Waals surface area (Å²) in [6.45, 7) is 3.93. The number of hydrogen-bond acceptors (Lipinski definition) is 5. The Morgan fingerprint density at radius 3 is 2.21 bits per heavy atom. The maximum Gasteiger partial charge on any atom is 0.344 e. The molecule has 5 heteroatoms. The second-order valence-corrected chi connectivity index (χ2v) is 10.0. The van der Waals surface area contributed by atoms with Crippen LogP contribution < -0.4 is 0 Å². The Morgan fingerprint density at radius 2 is 1.53 bits per heavy atom. The summed E-state index contributed by atoms with van der Waals surface area (Å²) in [7, 11) is 2.99. The molecule has 2 aromatic carbocycles. The van der Waals surface area contributed by atoms with Crippen molar-refractivity contribution in [3.05, 3.63) is 48.0 Å². The first-order chi connectivity index (χ1) is 18.5. The lowest BCUT2D eigenvalue weighted by Gasteiger charge is -2.29. The van der Waals surface area contributed by atoms with Crippen molar-refractivity contribution in [1.29, 1.82) is 0 Å². The summed E-state index contributed by atoms with van der Waals surface area (Å²) in [5.74, 6) is 5.92. The van der Waals surface area contributed by atoms with Crippen LogP contribution in [-0.4, -0.2) is 32.3 Å². The van der Waals surface area contributed by atoms with Gasteiger partial charge in [0, 0.05) is 25.5 Å². The lowest BCUT2D eigenvalue weighted by Crippen LogP contribution is -2.38. The van der Waals surface area contributed by atoms with E-state index in [0.717, 1.165) is 80.5 Å². The predicted octanol–water partition coefficient (Wildman–Crippen LogP) is 7.88. The van der Waals surface area contributed by atoms with Crippen molar-refractivity contribution >= 4 is 22.7 Å². The molecule has 0 bridgehead atoms. The van der Waals surface area contributed by atoms with Crippen molar-refractivity contribution in [3.8, 4) is 11.8 Å². The Morgan fingerprint density at radius 1 is 0.868 bits per heavy atom. The maximum absolute atomic E-state index is 13.5. The molecule has 0 unspecified atom stereocenters. The molecule has 2 rings (SSSR count). The minimum absolute atomic E-state index is 0.124. The standard InChI is InChI=1S/C33H46O5/c1-5-6-7-14-22-28(23-15-12-10-8-9-11-13-16-26-31(34)36-3)38-32(35)33(2,37-4)30-25-19-21-27-20-17-18-24-29(27)30/h17-21,24-25,28H,5-13,15-16,23,26H2,1-4H3/t28-,33-/m1/s1. The molecule has 0 radical (unpaired) electrons. The summed E-state index contributed by atoms with van der Waals surface area (Å²) >= 11 is 0. The third-order valence-electron chi connectivity index (χ3n) is 7.09. The Kier molecular flexibility index (Phi) is 14.6. The van der Waals surface area contributed by atoms with Gasteiger partial charge >= 0.3 is 11.9 Å². The van der Waals surface area contributed by atoms with Crippen molar-refractivity contribution < 1.29 is 23.8 Å². The second kappa shape index (κ2) is 17.6. The molecule has 0 fully saturated rings. The molecule has 2 atom stereocenters. The quantitative estimate of drug-likeness (QED) is 0.120. The molecule has 0 heterocycles. The molecule has 0 spiro atoms. The number of carbonyl (C=O) groups excluding carboxylic acids is 2. The van der Waals surface area contributed by atoms with E-state index in [4.69, 9.17) is 9.47 Å². The fraction of sp³-hybridized carbons (Fsp3) is 0.576. The van der Waals surface area contributed by atoms with Crippen LogP contribution in [-0.2, 0) is 29.4 Å². The smallest absolute Gasteiger partial charge is 0.344 e. The van der Waals surface area contributed by atoms with Crippen LogP contribution in [0.4, 0.5) is 0 Å². The van der Waals surface area contributed by atoms with Crippen LogP contribution in [0.1, 0.15) is 103 Å². The molecule has 0 N–H and O–H groups in total. The van der Waals surface area contributed by atoms with E-state index >= 15 is 0 Å². The summed E-state index contributed by atoms with van der Waals surface area (Å²) < 4.78 is 16.5. The van der Waals surface area contributed by atoms with Crippen LogP contribution in [0, 0.1) is 11.8 Å². The van der Waals surface area contributed by atoms with Gasteiger partial charge in [-0.2, -0.15) is 0 Å². The van der Waals surface area contributed by atoms with E-state index in [1.54, 1.807) is 14.0 Å². The van der Waals surface area contributed by atoms with Crippen molar-refractivity contribution in [2.24, 2.45) is 0 Å². The topological polar surface area (TPSA) is 61.8 Å². The zero-order chi connectivity index (χ0) is 27.6. The third kappa shape index (κ3) is 10.1. The van der Waals surface area contributed by atoms with Gasteiger partial charge in [0.05, 0.1) is 7.11 Å². The molecule has 0 amide bonds. The highest BCUT2D eigenvalue weighted by Gasteiger charge is 2.39. The van der Waals surface area contributed by atoms with Crippen molar-refractivity contribution in [1.82, 2.24) is 0 Å². The van der Waals surface area contributed by atoms with E-state index in [0.29, 0.717) is 6.42 Å². The fourth-order valence-electron chi connectivity index (χ4n) is 4.56. The van der Waals surface area contributed by atoms with Crippen LogP contribution in [0.3, 0.4) is 0 Å². The van der Waals surface area contributed by atoms with E-state index in [-0.39, 0.29) is 5.97 Å². The molecule has 0 aliphatic heterocycles. The molecule has 2 aromatic rings. The first kappa shape index (κ1) is 31.4. The largest absolute Gasteiger partial charge is 0.469 e. The molecule has 38 heavy (non-hydrogen) atoms. The van der Waals surface area contributed by atoms with Crippen molar-refractivity contribution in [3.63, 3.8) is 0 Å². The number of unbranched alkanes of at least 4 members (excludes halogenated alkanes) is 9. The number of ether oxygens (including phenoxy) is 3. The lowest BCUT2D eigenvalue weighted by atomic mass is 9.90. The molecular weight excluding hydrogens is 476 g/mol. The molecule has 0 saturated carbocycles. The zero-order valence-corrected chi connectivity index (χ0v) is 23.9. The lowest BCUT2D eigenvalue weighted by molar-refractivity contribution is -0.171. The van der Waals surface area contributed by atoms with Crippen LogP contribution in [0.2, 0.25) is 0 Å². The number of esters is 2. The summed E-state index contributed by atoms with van der Waals surface area (Å²) in [5.41, 5.74) is -0.426. The highest BCUT2D eigenvalue weighted by atomic mass is 16.6. The van der Waals surface area contributed by atoms with E-state index in [1.807, 2.05) is 42.5 Å². The third-order valence-corrected chi connectivity index (χ3v) is 7.09. The number of benzene rings is 2. The van der Waals surface area contributed by atoms with Gasteiger partial charge in [-0.3, -0.25) is 4.79 Å². The summed E-state index contributed by atoms with van der Waals surface area (Å²) in [5, 5.41) is 2.03. The van der Waals surface area contributed by atoms with Crippen molar-refractivity contribution in [2.45, 2.75) is 109 Å². The average molecular weight is 523 g/mol. The van der Waals surface area contributed by atoms with E-state index in [2.05, 4.69) is 23.5 Å². The fourth-order valence-corrected chi connectivity index (χ4v) is 4.56. The molecule has 0 aromatic heterocycles. The number of carbonyl (C=O) groups is 2. The monoisotopic (exact) mass is 522 g/mol. The van der Waals surface area contributed by atoms with E-state index in [9.17, 15) is 9.59 Å². The molecule has 5 nitrogen and oxygen atoms in total. The van der Waals surface area contributed by atoms with Crippen LogP contribution in [0.15, 0.2) is 42.5 Å².